The zero-order valence-corrected chi connectivity index (χ0v) is 11.3. The van der Waals surface area contributed by atoms with Crippen molar-refractivity contribution in [2.24, 2.45) is 5.73 Å². The van der Waals surface area contributed by atoms with Crippen molar-refractivity contribution in [1.82, 2.24) is 9.78 Å². The zero-order chi connectivity index (χ0) is 13.4. The number of hydrogen-bond acceptors (Lipinski definition) is 2. The van der Waals surface area contributed by atoms with Crippen LogP contribution < -0.4 is 5.73 Å². The number of halogens is 2. The lowest BCUT2D eigenvalue weighted by Crippen LogP contribution is -2.08. The molecule has 18 heavy (non-hydrogen) atoms. The number of rotatable bonds is 2. The lowest BCUT2D eigenvalue weighted by atomic mass is 10.1. The number of nitrogens with zero attached hydrogens (tertiary/aromatic N) is 2. The molecule has 0 amide bonds. The van der Waals surface area contributed by atoms with Crippen LogP contribution in [0.25, 0.3) is 5.69 Å². The molecule has 0 bridgehead atoms. The molecule has 0 spiro atoms. The quantitative estimate of drug-likeness (QED) is 0.907. The summed E-state index contributed by atoms with van der Waals surface area (Å²) in [6.07, 6.45) is 0. The van der Waals surface area contributed by atoms with E-state index in [-0.39, 0.29) is 11.7 Å². The van der Waals surface area contributed by atoms with Gasteiger partial charge in [-0.1, -0.05) is 17.7 Å². The average molecular weight is 268 g/mol. The molecule has 1 aromatic carbocycles. The highest BCUT2D eigenvalue weighted by Gasteiger charge is 2.19. The molecule has 0 saturated carbocycles. The topological polar surface area (TPSA) is 43.8 Å². The summed E-state index contributed by atoms with van der Waals surface area (Å²) in [5, 5.41) is 4.67. The van der Waals surface area contributed by atoms with Gasteiger partial charge in [-0.25, -0.2) is 9.07 Å². The van der Waals surface area contributed by atoms with Crippen molar-refractivity contribution in [3.8, 4) is 5.69 Å². The second-order valence-electron chi connectivity index (χ2n) is 4.36. The maximum absolute atomic E-state index is 13.9. The van der Waals surface area contributed by atoms with E-state index in [2.05, 4.69) is 5.10 Å². The van der Waals surface area contributed by atoms with Gasteiger partial charge in [0.15, 0.2) is 0 Å². The van der Waals surface area contributed by atoms with E-state index in [0.29, 0.717) is 5.02 Å². The van der Waals surface area contributed by atoms with Crippen LogP contribution in [0.4, 0.5) is 4.39 Å². The van der Waals surface area contributed by atoms with Crippen molar-refractivity contribution >= 4 is 11.6 Å². The van der Waals surface area contributed by atoms with Gasteiger partial charge in [0.05, 0.1) is 10.7 Å². The summed E-state index contributed by atoms with van der Waals surface area (Å²) in [4.78, 5) is 0. The number of benzene rings is 1. The molecule has 2 rings (SSSR count). The van der Waals surface area contributed by atoms with Gasteiger partial charge in [0.25, 0.3) is 0 Å². The predicted molar refractivity (Wildman–Crippen MR) is 70.6 cm³/mol. The van der Waals surface area contributed by atoms with Gasteiger partial charge in [-0.15, -0.1) is 0 Å². The van der Waals surface area contributed by atoms with Crippen LogP contribution in [0.1, 0.15) is 29.9 Å². The number of hydrogen-bond donors (Lipinski definition) is 1. The maximum atomic E-state index is 13.9. The Balaban J connectivity index is 2.70. The molecule has 0 aliphatic rings. The summed E-state index contributed by atoms with van der Waals surface area (Å²) in [6.45, 7) is 5.60. The molecule has 2 aromatic rings. The van der Waals surface area contributed by atoms with Gasteiger partial charge >= 0.3 is 0 Å². The number of aryl methyl sites for hydroxylation is 1. The Kier molecular flexibility index (Phi) is 3.41. The lowest BCUT2D eigenvalue weighted by molar-refractivity contribution is 0.608. The molecule has 1 atom stereocenters. The van der Waals surface area contributed by atoms with Gasteiger partial charge in [0, 0.05) is 17.3 Å². The van der Waals surface area contributed by atoms with E-state index < -0.39 is 5.82 Å². The summed E-state index contributed by atoms with van der Waals surface area (Å²) in [5.74, 6) is -0.399. The monoisotopic (exact) mass is 267 g/mol. The SMILES string of the molecule is Cc1nn(-c2c(F)cccc2Cl)c(C)c1C(C)N. The minimum atomic E-state index is -0.399. The Morgan fingerprint density at radius 3 is 2.56 bits per heavy atom. The van der Waals surface area contributed by atoms with Crippen LogP contribution in [0, 0.1) is 19.7 Å². The number of nitrogens with two attached hydrogens (primary N) is 1. The predicted octanol–water partition coefficient (Wildman–Crippen LogP) is 3.30. The number of para-hydroxylation sites is 1. The molecule has 1 unspecified atom stereocenters. The van der Waals surface area contributed by atoms with Gasteiger partial charge in [0.1, 0.15) is 11.5 Å². The van der Waals surface area contributed by atoms with Crippen molar-refractivity contribution in [3.63, 3.8) is 0 Å². The van der Waals surface area contributed by atoms with Gasteiger partial charge in [0.2, 0.25) is 0 Å². The van der Waals surface area contributed by atoms with Crippen LogP contribution >= 0.6 is 11.6 Å². The lowest BCUT2D eigenvalue weighted by Gasteiger charge is -2.09. The van der Waals surface area contributed by atoms with E-state index in [9.17, 15) is 4.39 Å². The van der Waals surface area contributed by atoms with Crippen LogP contribution in [-0.2, 0) is 0 Å². The van der Waals surface area contributed by atoms with Crippen LogP contribution in [0.2, 0.25) is 5.02 Å². The van der Waals surface area contributed by atoms with E-state index in [0.717, 1.165) is 17.0 Å². The second kappa shape index (κ2) is 4.71. The van der Waals surface area contributed by atoms with Crippen LogP contribution in [0.15, 0.2) is 18.2 Å². The first-order valence-corrected chi connectivity index (χ1v) is 6.07. The summed E-state index contributed by atoms with van der Waals surface area (Å²) in [5.41, 5.74) is 8.71. The van der Waals surface area contributed by atoms with E-state index in [1.165, 1.54) is 10.7 Å². The summed E-state index contributed by atoms with van der Waals surface area (Å²) < 4.78 is 15.4. The third kappa shape index (κ3) is 2.02. The third-order valence-corrected chi connectivity index (χ3v) is 3.26. The molecule has 5 heteroatoms. The first kappa shape index (κ1) is 13.1. The standard InChI is InChI=1S/C13H15ClFN3/c1-7(16)12-8(2)17-18(9(12)3)13-10(14)5-4-6-11(13)15/h4-7H,16H2,1-3H3. The van der Waals surface area contributed by atoms with E-state index in [4.69, 9.17) is 17.3 Å². The Labute approximate surface area is 110 Å². The highest BCUT2D eigenvalue weighted by atomic mass is 35.5. The van der Waals surface area contributed by atoms with Gasteiger partial charge in [-0.05, 0) is 32.9 Å². The zero-order valence-electron chi connectivity index (χ0n) is 10.5. The summed E-state index contributed by atoms with van der Waals surface area (Å²) in [6, 6.07) is 4.43. The Bertz CT molecular complexity index is 570. The third-order valence-electron chi connectivity index (χ3n) is 2.95. The van der Waals surface area contributed by atoms with Crippen LogP contribution in [-0.4, -0.2) is 9.78 Å². The Morgan fingerprint density at radius 2 is 2.06 bits per heavy atom. The van der Waals surface area contributed by atoms with Gasteiger partial charge in [-0.2, -0.15) is 5.10 Å². The van der Waals surface area contributed by atoms with Crippen molar-refractivity contribution in [2.75, 3.05) is 0 Å². The normalized spacial score (nSPS) is 12.8. The molecule has 3 nitrogen and oxygen atoms in total. The summed E-state index contributed by atoms with van der Waals surface area (Å²) >= 11 is 6.05. The molecule has 1 heterocycles. The minimum absolute atomic E-state index is 0.149. The Morgan fingerprint density at radius 1 is 1.39 bits per heavy atom. The first-order valence-electron chi connectivity index (χ1n) is 5.69. The second-order valence-corrected chi connectivity index (χ2v) is 4.76. The van der Waals surface area contributed by atoms with Crippen molar-refractivity contribution in [3.05, 3.63) is 46.0 Å². The van der Waals surface area contributed by atoms with E-state index in [1.807, 2.05) is 20.8 Å². The molecular formula is C13H15ClFN3. The van der Waals surface area contributed by atoms with E-state index in [1.54, 1.807) is 12.1 Å². The smallest absolute Gasteiger partial charge is 0.150 e. The fourth-order valence-electron chi connectivity index (χ4n) is 2.22. The highest BCUT2D eigenvalue weighted by Crippen LogP contribution is 2.28. The first-order chi connectivity index (χ1) is 8.43. The Hall–Kier alpha value is -1.39. The van der Waals surface area contributed by atoms with Crippen molar-refractivity contribution in [2.45, 2.75) is 26.8 Å². The molecule has 96 valence electrons. The highest BCUT2D eigenvalue weighted by molar-refractivity contribution is 6.32. The van der Waals surface area contributed by atoms with E-state index >= 15 is 0 Å². The molecule has 0 fully saturated rings. The van der Waals surface area contributed by atoms with Crippen LogP contribution in [0.3, 0.4) is 0 Å². The van der Waals surface area contributed by atoms with Gasteiger partial charge in [-0.3, -0.25) is 0 Å². The van der Waals surface area contributed by atoms with Crippen LogP contribution in [0.5, 0.6) is 0 Å². The molecule has 1 aromatic heterocycles. The summed E-state index contributed by atoms with van der Waals surface area (Å²) in [7, 11) is 0. The van der Waals surface area contributed by atoms with Crippen molar-refractivity contribution in [1.29, 1.82) is 0 Å². The molecule has 0 saturated heterocycles. The minimum Gasteiger partial charge on any atom is -0.324 e. The maximum Gasteiger partial charge on any atom is 0.150 e. The largest absolute Gasteiger partial charge is 0.324 e. The molecule has 2 N–H and O–H groups in total. The molecular weight excluding hydrogens is 253 g/mol. The molecule has 0 aliphatic heterocycles. The molecule has 0 radical (unpaired) electrons. The fraction of sp³-hybridized carbons (Fsp3) is 0.308. The average Bonchev–Trinajstić information content (AvgIpc) is 2.54. The molecule has 0 aliphatic carbocycles. The van der Waals surface area contributed by atoms with Crippen molar-refractivity contribution < 1.29 is 4.39 Å². The fourth-order valence-corrected chi connectivity index (χ4v) is 2.47. The van der Waals surface area contributed by atoms with Gasteiger partial charge < -0.3 is 5.73 Å². The number of aromatic nitrogens is 2.